The van der Waals surface area contributed by atoms with Gasteiger partial charge in [-0.15, -0.1) is 11.3 Å². The Morgan fingerprint density at radius 1 is 1.21 bits per heavy atom. The number of halogens is 3. The van der Waals surface area contributed by atoms with Crippen LogP contribution in [0.2, 0.25) is 0 Å². The van der Waals surface area contributed by atoms with Crippen molar-refractivity contribution in [3.63, 3.8) is 0 Å². The first-order valence-electron chi connectivity index (χ1n) is 10.9. The highest BCUT2D eigenvalue weighted by Crippen LogP contribution is 2.50. The van der Waals surface area contributed by atoms with E-state index in [2.05, 4.69) is 34.1 Å². The summed E-state index contributed by atoms with van der Waals surface area (Å²) < 4.78 is 38.9. The van der Waals surface area contributed by atoms with Crippen LogP contribution in [0.4, 0.5) is 24.8 Å². The lowest BCUT2D eigenvalue weighted by Gasteiger charge is -2.40. The first-order chi connectivity index (χ1) is 15.9. The quantitative estimate of drug-likeness (QED) is 0.416. The summed E-state index contributed by atoms with van der Waals surface area (Å²) in [5.74, 6) is -1.03. The van der Waals surface area contributed by atoms with Crippen LogP contribution < -0.4 is 5.32 Å². The van der Waals surface area contributed by atoms with Gasteiger partial charge < -0.3 is 10.4 Å². The minimum atomic E-state index is -4.55. The average molecular weight is 491 g/mol. The Hall–Kier alpha value is -3.01. The van der Waals surface area contributed by atoms with Crippen LogP contribution >= 0.6 is 11.3 Å². The highest BCUT2D eigenvalue weighted by molar-refractivity contribution is 7.15. The summed E-state index contributed by atoms with van der Waals surface area (Å²) >= 11 is 1.57. The minimum Gasteiger partial charge on any atom is -0.481 e. The Kier molecular flexibility index (Phi) is 6.37. The number of thiazole rings is 1. The molecule has 1 aliphatic rings. The topological polar surface area (TPSA) is 88.0 Å². The Morgan fingerprint density at radius 2 is 1.97 bits per heavy atom. The number of hydrogen-bond donors (Lipinski definition) is 2. The zero-order chi connectivity index (χ0) is 24.7. The van der Waals surface area contributed by atoms with Crippen molar-refractivity contribution < 1.29 is 23.1 Å². The van der Waals surface area contributed by atoms with Crippen molar-refractivity contribution in [1.29, 1.82) is 0 Å². The average Bonchev–Trinajstić information content (AvgIpc) is 3.22. The third-order valence-corrected chi connectivity index (χ3v) is 7.41. The van der Waals surface area contributed by atoms with Crippen LogP contribution in [0.25, 0.3) is 10.4 Å². The van der Waals surface area contributed by atoms with Crippen LogP contribution in [0.3, 0.4) is 0 Å². The number of nitrogens with zero attached hydrogens (tertiary/aromatic N) is 3. The number of aryl methyl sites for hydroxylation is 1. The Morgan fingerprint density at radius 3 is 2.65 bits per heavy atom. The van der Waals surface area contributed by atoms with Gasteiger partial charge in [0.05, 0.1) is 15.8 Å². The molecule has 34 heavy (non-hydrogen) atoms. The highest BCUT2D eigenvalue weighted by Gasteiger charge is 2.41. The van der Waals surface area contributed by atoms with Crippen molar-refractivity contribution in [3.05, 3.63) is 52.9 Å². The van der Waals surface area contributed by atoms with E-state index in [1.165, 1.54) is 0 Å². The van der Waals surface area contributed by atoms with Gasteiger partial charge >= 0.3 is 12.1 Å². The van der Waals surface area contributed by atoms with Crippen molar-refractivity contribution in [2.75, 3.05) is 5.32 Å². The molecule has 3 aromatic rings. The van der Waals surface area contributed by atoms with E-state index < -0.39 is 17.8 Å². The van der Waals surface area contributed by atoms with Gasteiger partial charge in [-0.1, -0.05) is 19.9 Å². The van der Waals surface area contributed by atoms with E-state index in [1.807, 2.05) is 25.1 Å². The van der Waals surface area contributed by atoms with Crippen LogP contribution in [0.15, 0.2) is 36.7 Å². The Bertz CT molecular complexity index is 1210. The van der Waals surface area contributed by atoms with E-state index >= 15 is 0 Å². The summed E-state index contributed by atoms with van der Waals surface area (Å²) in [5.41, 5.74) is 1.19. The molecular weight excluding hydrogens is 465 g/mol. The summed E-state index contributed by atoms with van der Waals surface area (Å²) in [4.78, 5) is 24.5. The van der Waals surface area contributed by atoms with Gasteiger partial charge in [-0.05, 0) is 60.9 Å². The fourth-order valence-electron chi connectivity index (χ4n) is 4.59. The number of benzene rings is 1. The highest BCUT2D eigenvalue weighted by atomic mass is 32.1. The summed E-state index contributed by atoms with van der Waals surface area (Å²) in [7, 11) is 0. The molecule has 180 valence electrons. The van der Waals surface area contributed by atoms with Crippen molar-refractivity contribution in [2.45, 2.75) is 52.1 Å². The minimum absolute atomic E-state index is 0.131. The van der Waals surface area contributed by atoms with Gasteiger partial charge in [-0.3, -0.25) is 4.79 Å². The van der Waals surface area contributed by atoms with Crippen LogP contribution in [0.5, 0.6) is 0 Å². The van der Waals surface area contributed by atoms with E-state index in [1.54, 1.807) is 17.5 Å². The van der Waals surface area contributed by atoms with Crippen molar-refractivity contribution >= 4 is 28.9 Å². The number of anilines is 2. The predicted molar refractivity (Wildman–Crippen MR) is 124 cm³/mol. The Labute approximate surface area is 199 Å². The van der Waals surface area contributed by atoms with Gasteiger partial charge in [-0.2, -0.15) is 13.2 Å². The first kappa shape index (κ1) is 24.1. The molecule has 1 fully saturated rings. The predicted octanol–water partition coefficient (Wildman–Crippen LogP) is 6.67. The molecule has 0 radical (unpaired) electrons. The SMILES string of the molecule is Cc1cc(Nc2nccc(C(F)(F)F)n2)cc(-c2cnc(C3CCC(C(=O)O)CC3(C)C)s2)c1. The molecule has 2 heterocycles. The molecule has 0 spiro atoms. The number of aliphatic carboxylic acids is 1. The van der Waals surface area contributed by atoms with Crippen molar-refractivity contribution in [2.24, 2.45) is 11.3 Å². The molecule has 2 aromatic heterocycles. The third-order valence-electron chi connectivity index (χ3n) is 6.25. The van der Waals surface area contributed by atoms with E-state index in [-0.39, 0.29) is 23.2 Å². The maximum atomic E-state index is 13.0. The summed E-state index contributed by atoms with van der Waals surface area (Å²) in [6.45, 7) is 6.09. The normalized spacial score (nSPS) is 20.2. The molecule has 10 heteroatoms. The molecule has 2 unspecified atom stereocenters. The zero-order valence-electron chi connectivity index (χ0n) is 19.0. The number of hydrogen-bond acceptors (Lipinski definition) is 6. The molecule has 1 aromatic carbocycles. The molecule has 4 rings (SSSR count). The number of aromatic nitrogens is 3. The van der Waals surface area contributed by atoms with E-state index in [9.17, 15) is 23.1 Å². The number of carboxylic acid groups (broad SMARTS) is 1. The lowest BCUT2D eigenvalue weighted by molar-refractivity contribution is -0.144. The van der Waals surface area contributed by atoms with Gasteiger partial charge in [0, 0.05) is 24.0 Å². The number of carboxylic acids is 1. The number of rotatable bonds is 5. The van der Waals surface area contributed by atoms with Crippen LogP contribution in [-0.4, -0.2) is 26.0 Å². The molecule has 0 bridgehead atoms. The molecule has 0 aliphatic heterocycles. The number of nitrogens with one attached hydrogen (secondary N) is 1. The number of alkyl halides is 3. The molecule has 2 atom stereocenters. The molecule has 0 saturated heterocycles. The molecule has 1 aliphatic carbocycles. The smallest absolute Gasteiger partial charge is 0.433 e. The molecule has 6 nitrogen and oxygen atoms in total. The second-order valence-corrected chi connectivity index (χ2v) is 10.5. The summed E-state index contributed by atoms with van der Waals surface area (Å²) in [6, 6.07) is 6.46. The maximum absolute atomic E-state index is 13.0. The second-order valence-electron chi connectivity index (χ2n) is 9.40. The van der Waals surface area contributed by atoms with Crippen LogP contribution in [0.1, 0.15) is 55.3 Å². The van der Waals surface area contributed by atoms with Gasteiger partial charge in [-0.25, -0.2) is 15.0 Å². The van der Waals surface area contributed by atoms with Gasteiger partial charge in [0.25, 0.3) is 0 Å². The van der Waals surface area contributed by atoms with E-state index in [0.29, 0.717) is 18.5 Å². The fraction of sp³-hybridized carbons (Fsp3) is 0.417. The first-order valence-corrected chi connectivity index (χ1v) is 11.7. The largest absolute Gasteiger partial charge is 0.481 e. The van der Waals surface area contributed by atoms with Crippen molar-refractivity contribution in [3.8, 4) is 10.4 Å². The molecular formula is C24H25F3N4O2S. The monoisotopic (exact) mass is 490 g/mol. The van der Waals surface area contributed by atoms with E-state index in [0.717, 1.165) is 39.7 Å². The fourth-order valence-corrected chi connectivity index (χ4v) is 5.84. The summed E-state index contributed by atoms with van der Waals surface area (Å²) in [6.07, 6.45) is 0.340. The van der Waals surface area contributed by atoms with E-state index in [4.69, 9.17) is 0 Å². The molecule has 0 amide bonds. The lowest BCUT2D eigenvalue weighted by atomic mass is 9.65. The number of carbonyl (C=O) groups is 1. The standard InChI is InChI=1S/C24H25F3N4O2S/c1-13-8-15(10-16(9-13)30-22-28-7-6-19(31-22)24(25,26)27)18-12-29-20(34-18)17-5-4-14(21(32)33)11-23(17,2)3/h6-10,12,14,17H,4-5,11H2,1-3H3,(H,32,33)(H,28,30,31). The van der Waals surface area contributed by atoms with Crippen LogP contribution in [0, 0.1) is 18.3 Å². The molecule has 1 saturated carbocycles. The Balaban J connectivity index is 1.57. The second kappa shape index (κ2) is 8.98. The summed E-state index contributed by atoms with van der Waals surface area (Å²) in [5, 5.41) is 13.3. The van der Waals surface area contributed by atoms with Gasteiger partial charge in [0.1, 0.15) is 5.69 Å². The zero-order valence-corrected chi connectivity index (χ0v) is 19.8. The third kappa shape index (κ3) is 5.22. The molecule has 2 N–H and O–H groups in total. The lowest BCUT2D eigenvalue weighted by Crippen LogP contribution is -2.33. The van der Waals surface area contributed by atoms with Gasteiger partial charge in [0.2, 0.25) is 5.95 Å². The van der Waals surface area contributed by atoms with Crippen LogP contribution in [-0.2, 0) is 11.0 Å². The van der Waals surface area contributed by atoms with Gasteiger partial charge in [0.15, 0.2) is 0 Å². The van der Waals surface area contributed by atoms with Crippen molar-refractivity contribution in [1.82, 2.24) is 15.0 Å². The maximum Gasteiger partial charge on any atom is 0.433 e.